The lowest BCUT2D eigenvalue weighted by atomic mass is 10.0. The highest BCUT2D eigenvalue weighted by Gasteiger charge is 2.19. The van der Waals surface area contributed by atoms with E-state index in [1.54, 1.807) is 103 Å². The predicted molar refractivity (Wildman–Crippen MR) is 396 cm³/mol. The third-order valence-corrected chi connectivity index (χ3v) is 16.8. The summed E-state index contributed by atoms with van der Waals surface area (Å²) < 4.78 is 63.5. The number of fused-ring (bicyclic) bond motifs is 2. The van der Waals surface area contributed by atoms with E-state index in [4.69, 9.17) is 56.8 Å². The molecule has 0 saturated heterocycles. The number of esters is 4. The summed E-state index contributed by atoms with van der Waals surface area (Å²) >= 11 is 0. The van der Waals surface area contributed by atoms with E-state index in [2.05, 4.69) is 24.3 Å². The van der Waals surface area contributed by atoms with Crippen molar-refractivity contribution in [1.29, 1.82) is 0 Å². The van der Waals surface area contributed by atoms with Crippen LogP contribution in [0.3, 0.4) is 0 Å². The van der Waals surface area contributed by atoms with E-state index in [1.165, 1.54) is 11.1 Å². The topological polar surface area (TPSA) is 260 Å². The molecule has 0 aliphatic carbocycles. The third kappa shape index (κ3) is 26.6. The van der Waals surface area contributed by atoms with Gasteiger partial charge in [0.2, 0.25) is 13.6 Å². The molecule has 20 nitrogen and oxygen atoms in total. The second kappa shape index (κ2) is 43.3. The predicted octanol–water partition coefficient (Wildman–Crippen LogP) is 17.4. The van der Waals surface area contributed by atoms with Gasteiger partial charge in [0.25, 0.3) is 0 Å². The van der Waals surface area contributed by atoms with Gasteiger partial charge < -0.3 is 77.3 Å². The summed E-state index contributed by atoms with van der Waals surface area (Å²) in [6, 6.07) is 45.0. The number of hydrogen-bond acceptors (Lipinski definition) is 20. The van der Waals surface area contributed by atoms with Gasteiger partial charge in [0.05, 0.1) is 27.4 Å². The minimum absolute atomic E-state index is 0.181. The van der Waals surface area contributed by atoms with Gasteiger partial charge in [-0.1, -0.05) is 76.2 Å². The van der Waals surface area contributed by atoms with Crippen molar-refractivity contribution in [2.75, 3.05) is 41.0 Å². The number of methoxy groups -OCH3 is 2. The Morgan fingerprint density at radius 2 is 0.519 bits per heavy atom. The molecular weight excluding hydrogens is 1330 g/mol. The molecule has 0 radical (unpaired) electrons. The van der Waals surface area contributed by atoms with Crippen LogP contribution in [-0.2, 0) is 70.5 Å². The summed E-state index contributed by atoms with van der Waals surface area (Å²) in [6.07, 6.45) is 16.0. The van der Waals surface area contributed by atoms with Crippen molar-refractivity contribution in [3.63, 3.8) is 0 Å². The van der Waals surface area contributed by atoms with Crippen LogP contribution in [0.4, 0.5) is 0 Å². The van der Waals surface area contributed by atoms with Gasteiger partial charge in [-0.25, -0.2) is 0 Å². The zero-order chi connectivity index (χ0) is 74.6. The maximum absolute atomic E-state index is 11.8. The number of aryl methyl sites for hydroxylation is 8. The van der Waals surface area contributed by atoms with Crippen LogP contribution in [0.5, 0.6) is 92.0 Å². The quantitative estimate of drug-likeness (QED) is 0.0166. The molecule has 4 N–H and O–H groups in total. The standard InChI is InChI=1S/C28H34O8.C20H26O4.C18H18O4.C18H22O4/c1-5-25(29)33-21-15-13-19(17-23(21)35-27(31)7-3)11-9-10-12-20-14-16-22(34-26(30)6-2)24(18-20)36-28(32)8-4;1-3-23-19-11-9-15(13-17(19)21)7-5-6-8-16-10-12-20(24-4-2)18(22)14-16;1(3-13-5-7-15-17(9-13)21-11-19-15)2-4-14-6-8-16-18(10-14)22-12-20-16;1-21-17-9-7-13(11-15(17)19)5-3-4-6-14-8-10-18(22-2)16(20)12-14/h13-18H,5-12H2,1-4H3;9-14,21-22H,3-8H2,1-2H3;5-10H,1-4,11-12H2;7-12,19-20H,3-6H2,1-2H3. The van der Waals surface area contributed by atoms with Gasteiger partial charge in [-0.3, -0.25) is 19.2 Å². The van der Waals surface area contributed by atoms with E-state index in [1.807, 2.05) is 74.5 Å². The van der Waals surface area contributed by atoms with Gasteiger partial charge in [-0.05, 0) is 258 Å². The van der Waals surface area contributed by atoms with E-state index in [-0.39, 0.29) is 71.7 Å². The number of carbonyl (C=O) groups excluding carboxylic acids is 4. The molecule has 0 unspecified atom stereocenters. The monoisotopic (exact) mass is 1430 g/mol. The van der Waals surface area contributed by atoms with E-state index in [9.17, 15) is 39.6 Å². The van der Waals surface area contributed by atoms with Crippen LogP contribution in [0.15, 0.2) is 146 Å². The van der Waals surface area contributed by atoms with Gasteiger partial charge in [0, 0.05) is 25.7 Å². The highest BCUT2D eigenvalue weighted by Crippen LogP contribution is 2.37. The first-order valence-corrected chi connectivity index (χ1v) is 35.9. The first-order valence-electron chi connectivity index (χ1n) is 35.9. The average molecular weight is 1430 g/mol. The smallest absolute Gasteiger partial charge is 0.311 e. The Bertz CT molecular complexity index is 3790. The molecule has 8 aromatic carbocycles. The number of ether oxygens (including phenoxy) is 12. The Hall–Kier alpha value is -10.8. The second-order valence-electron chi connectivity index (χ2n) is 24.6. The fourth-order valence-electron chi connectivity index (χ4n) is 11.1. The molecule has 0 atom stereocenters. The Balaban J connectivity index is 0.000000198. The van der Waals surface area contributed by atoms with Crippen molar-refractivity contribution < 1.29 is 96.4 Å². The molecule has 0 aromatic heterocycles. The maximum Gasteiger partial charge on any atom is 0.311 e. The number of phenolic OH excluding ortho intramolecular Hbond substituents is 4. The molecule has 0 fully saturated rings. The van der Waals surface area contributed by atoms with Gasteiger partial charge in [0.1, 0.15) is 0 Å². The fourth-order valence-corrected chi connectivity index (χ4v) is 11.1. The molecule has 2 aliphatic heterocycles. The lowest BCUT2D eigenvalue weighted by molar-refractivity contribution is -0.136. The van der Waals surface area contributed by atoms with Crippen molar-refractivity contribution in [2.45, 2.75) is 170 Å². The zero-order valence-corrected chi connectivity index (χ0v) is 61.1. The van der Waals surface area contributed by atoms with Crippen LogP contribution in [0, 0.1) is 0 Å². The lowest BCUT2D eigenvalue weighted by Gasteiger charge is -2.12. The van der Waals surface area contributed by atoms with Gasteiger partial charge in [-0.2, -0.15) is 0 Å². The van der Waals surface area contributed by atoms with Gasteiger partial charge in [0.15, 0.2) is 92.0 Å². The molecule has 8 aromatic rings. The summed E-state index contributed by atoms with van der Waals surface area (Å²) in [5, 5.41) is 39.3. The first-order chi connectivity index (χ1) is 50.4. The van der Waals surface area contributed by atoms with Crippen LogP contribution in [0.1, 0.15) is 163 Å². The molecule has 104 heavy (non-hydrogen) atoms. The van der Waals surface area contributed by atoms with Crippen LogP contribution in [0.25, 0.3) is 0 Å². The first kappa shape index (κ1) is 80.6. The summed E-state index contributed by atoms with van der Waals surface area (Å²) in [5.74, 6) is 5.56. The minimum Gasteiger partial charge on any atom is -0.504 e. The van der Waals surface area contributed by atoms with Crippen molar-refractivity contribution >= 4 is 23.9 Å². The number of hydrogen-bond donors (Lipinski definition) is 4. The van der Waals surface area contributed by atoms with Crippen LogP contribution < -0.4 is 56.8 Å². The molecule has 0 amide bonds. The number of benzene rings is 8. The Morgan fingerprint density at radius 1 is 0.288 bits per heavy atom. The zero-order valence-electron chi connectivity index (χ0n) is 61.1. The molecule has 20 heteroatoms. The molecule has 0 spiro atoms. The number of phenols is 4. The number of carbonyl (C=O) groups is 4. The lowest BCUT2D eigenvalue weighted by Crippen LogP contribution is -2.11. The summed E-state index contributed by atoms with van der Waals surface area (Å²) in [4.78, 5) is 47.0. The molecule has 10 rings (SSSR count). The minimum atomic E-state index is -0.409. The highest BCUT2D eigenvalue weighted by atomic mass is 16.7. The van der Waals surface area contributed by atoms with Crippen LogP contribution in [-0.4, -0.2) is 85.3 Å². The second-order valence-corrected chi connectivity index (χ2v) is 24.6. The van der Waals surface area contributed by atoms with E-state index in [0.717, 1.165) is 159 Å². The molecule has 0 bridgehead atoms. The Labute approximate surface area is 610 Å². The normalized spacial score (nSPS) is 11.3. The number of aromatic hydroxyl groups is 4. The van der Waals surface area contributed by atoms with Crippen molar-refractivity contribution in [3.8, 4) is 92.0 Å². The SMILES string of the molecule is CCC(=O)Oc1ccc(CCCCc2ccc(OC(=O)CC)c(OC(=O)CC)c2)cc1OC(=O)CC.CCOc1ccc(CCCCc2ccc(OCC)c(O)c2)cc1O.COc1ccc(CCCCc2ccc(OC)c(O)c2)cc1O.c1cc2c(cc1CCCCc1ccc3c(c1)OCO3)OCO2. The van der Waals surface area contributed by atoms with Crippen molar-refractivity contribution in [2.24, 2.45) is 0 Å². The van der Waals surface area contributed by atoms with E-state index in [0.29, 0.717) is 49.8 Å². The van der Waals surface area contributed by atoms with E-state index < -0.39 is 23.9 Å². The van der Waals surface area contributed by atoms with Gasteiger partial charge >= 0.3 is 23.9 Å². The Kier molecular flexibility index (Phi) is 33.5. The summed E-state index contributed by atoms with van der Waals surface area (Å²) in [6.45, 7) is 12.3. The molecular formula is C84H100O20. The van der Waals surface area contributed by atoms with Crippen LogP contribution in [0.2, 0.25) is 0 Å². The molecule has 556 valence electrons. The summed E-state index contributed by atoms with van der Waals surface area (Å²) in [7, 11) is 3.08. The Morgan fingerprint density at radius 3 is 0.779 bits per heavy atom. The number of unbranched alkanes of at least 4 members (excludes halogenated alkanes) is 4. The van der Waals surface area contributed by atoms with Crippen molar-refractivity contribution in [1.82, 2.24) is 0 Å². The van der Waals surface area contributed by atoms with Crippen molar-refractivity contribution in [3.05, 3.63) is 190 Å². The average Bonchev–Trinajstić information content (AvgIpc) is 1.16. The van der Waals surface area contributed by atoms with E-state index >= 15 is 0 Å². The molecule has 0 saturated carbocycles. The fraction of sp³-hybridized carbons (Fsp3) is 0.381. The molecule has 2 aliphatic rings. The third-order valence-electron chi connectivity index (χ3n) is 16.8. The molecule has 2 heterocycles. The van der Waals surface area contributed by atoms with Crippen LogP contribution >= 0.6 is 0 Å². The maximum atomic E-state index is 11.8. The number of rotatable bonds is 34. The highest BCUT2D eigenvalue weighted by molar-refractivity contribution is 5.77. The van der Waals surface area contributed by atoms with Gasteiger partial charge in [-0.15, -0.1) is 0 Å². The summed E-state index contributed by atoms with van der Waals surface area (Å²) in [5.41, 5.74) is 8.89. The largest absolute Gasteiger partial charge is 0.504 e.